The predicted molar refractivity (Wildman–Crippen MR) is 160 cm³/mol. The van der Waals surface area contributed by atoms with Gasteiger partial charge < -0.3 is 20.9 Å². The maximum absolute atomic E-state index is 15.6. The van der Waals surface area contributed by atoms with Crippen LogP contribution in [0.25, 0.3) is 32.2 Å². The average molecular weight is 594 g/mol. The van der Waals surface area contributed by atoms with Crippen molar-refractivity contribution in [3.63, 3.8) is 0 Å². The third kappa shape index (κ3) is 4.46. The summed E-state index contributed by atoms with van der Waals surface area (Å²) in [7, 11) is 0. The SMILES string of the molecule is C=C1CN(c2nc(N3CC(N(CC)CC)C3)nc3c(CF)c(-c4c(F)cc(F)c5sc(N)c(C#N)c45)ncc23)CCN1. The zero-order valence-electron chi connectivity index (χ0n) is 23.3. The van der Waals surface area contributed by atoms with E-state index in [1.807, 2.05) is 11.0 Å². The third-order valence-corrected chi connectivity index (χ3v) is 9.12. The number of hydrogen-bond acceptors (Lipinski definition) is 10. The number of nitrogens with one attached hydrogen (secondary N) is 1. The Morgan fingerprint density at radius 3 is 2.64 bits per heavy atom. The molecule has 4 aromatic rings. The summed E-state index contributed by atoms with van der Waals surface area (Å²) >= 11 is 0.844. The van der Waals surface area contributed by atoms with Gasteiger partial charge >= 0.3 is 0 Å². The molecule has 2 fully saturated rings. The number of thiophene rings is 1. The maximum Gasteiger partial charge on any atom is 0.228 e. The van der Waals surface area contributed by atoms with E-state index >= 15 is 8.78 Å². The monoisotopic (exact) mass is 593 g/mol. The molecule has 1 aromatic carbocycles. The smallest absolute Gasteiger partial charge is 0.228 e. The van der Waals surface area contributed by atoms with E-state index in [0.717, 1.165) is 49.3 Å². The lowest BCUT2D eigenvalue weighted by Gasteiger charge is -2.45. The molecule has 3 aromatic heterocycles. The minimum Gasteiger partial charge on any atom is -0.389 e. The number of pyridine rings is 1. The van der Waals surface area contributed by atoms with Crippen LogP contribution in [0.15, 0.2) is 24.5 Å². The second-order valence-electron chi connectivity index (χ2n) is 10.4. The number of anilines is 3. The van der Waals surface area contributed by atoms with Crippen molar-refractivity contribution >= 4 is 49.1 Å². The van der Waals surface area contributed by atoms with Crippen LogP contribution in [0, 0.1) is 23.0 Å². The molecule has 218 valence electrons. The van der Waals surface area contributed by atoms with E-state index in [9.17, 15) is 9.65 Å². The summed E-state index contributed by atoms with van der Waals surface area (Å²) in [5, 5.41) is 13.6. The van der Waals surface area contributed by atoms with Crippen LogP contribution in [0.5, 0.6) is 0 Å². The summed E-state index contributed by atoms with van der Waals surface area (Å²) in [5.74, 6) is -0.786. The van der Waals surface area contributed by atoms with Gasteiger partial charge in [0.1, 0.15) is 35.2 Å². The molecule has 2 aliphatic heterocycles. The Kier molecular flexibility index (Phi) is 7.28. The van der Waals surface area contributed by atoms with Gasteiger partial charge in [-0.2, -0.15) is 10.2 Å². The first-order chi connectivity index (χ1) is 20.3. The number of hydrogen-bond donors (Lipinski definition) is 2. The predicted octanol–water partition coefficient (Wildman–Crippen LogP) is 4.56. The summed E-state index contributed by atoms with van der Waals surface area (Å²) in [6, 6.07) is 3.02. The minimum atomic E-state index is -1.02. The Balaban J connectivity index is 1.57. The van der Waals surface area contributed by atoms with E-state index in [1.54, 1.807) is 0 Å². The highest BCUT2D eigenvalue weighted by Crippen LogP contribution is 2.44. The molecule has 0 amide bonds. The number of benzene rings is 1. The first-order valence-electron chi connectivity index (χ1n) is 13.8. The molecule has 6 rings (SSSR count). The zero-order chi connectivity index (χ0) is 29.7. The van der Waals surface area contributed by atoms with Crippen LogP contribution in [-0.4, -0.2) is 71.7 Å². The normalized spacial score (nSPS) is 15.9. The summed E-state index contributed by atoms with van der Waals surface area (Å²) in [4.78, 5) is 20.7. The molecule has 42 heavy (non-hydrogen) atoms. The van der Waals surface area contributed by atoms with E-state index in [4.69, 9.17) is 15.7 Å². The molecular weight excluding hydrogens is 563 g/mol. The average Bonchev–Trinajstić information content (AvgIpc) is 3.29. The van der Waals surface area contributed by atoms with Gasteiger partial charge in [0.2, 0.25) is 5.95 Å². The Morgan fingerprint density at radius 1 is 1.21 bits per heavy atom. The fourth-order valence-corrected chi connectivity index (χ4v) is 6.84. The van der Waals surface area contributed by atoms with Crippen molar-refractivity contribution in [2.45, 2.75) is 26.6 Å². The van der Waals surface area contributed by atoms with Crippen LogP contribution in [0.4, 0.5) is 29.9 Å². The summed E-state index contributed by atoms with van der Waals surface area (Å²) in [5.41, 5.74) is 6.85. The molecule has 0 aliphatic carbocycles. The molecule has 0 bridgehead atoms. The number of likely N-dealkylation sites (N-methyl/N-ethyl adjacent to an activating group) is 1. The standard InChI is InChI=1S/C29H30F3N9S/c1-4-39(5-2)16-13-41(14-16)29-37-24-17(9-30)25(36-11-19(24)28(38-29)40-7-6-35-15(3)12-40)23-20(31)8-21(32)26-22(23)18(10-33)27(34)42-26/h8,11,16,35H,3-7,9,12-14,34H2,1-2H3. The van der Waals surface area contributed by atoms with Crippen LogP contribution in [0.1, 0.15) is 25.0 Å². The quantitative estimate of drug-likeness (QED) is 0.319. The molecule has 9 nitrogen and oxygen atoms in total. The van der Waals surface area contributed by atoms with Gasteiger partial charge in [0.25, 0.3) is 0 Å². The number of aromatic nitrogens is 3. The molecule has 13 heteroatoms. The van der Waals surface area contributed by atoms with Crippen LogP contribution in [0.2, 0.25) is 0 Å². The number of alkyl halides is 1. The van der Waals surface area contributed by atoms with Gasteiger partial charge in [-0.1, -0.05) is 20.4 Å². The number of halogens is 3. The molecule has 0 saturated carbocycles. The van der Waals surface area contributed by atoms with E-state index in [2.05, 4.69) is 40.5 Å². The second-order valence-corrected chi connectivity index (χ2v) is 11.5. The number of nitrogens with zero attached hydrogens (tertiary/aromatic N) is 7. The zero-order valence-corrected chi connectivity index (χ0v) is 24.2. The van der Waals surface area contributed by atoms with Gasteiger partial charge in [-0.3, -0.25) is 9.88 Å². The maximum atomic E-state index is 15.6. The van der Waals surface area contributed by atoms with Gasteiger partial charge in [0, 0.05) is 66.7 Å². The van der Waals surface area contributed by atoms with E-state index in [0.29, 0.717) is 42.8 Å². The number of nitrogens with two attached hydrogens (primary N) is 1. The van der Waals surface area contributed by atoms with Crippen molar-refractivity contribution in [3.8, 4) is 17.3 Å². The van der Waals surface area contributed by atoms with Crippen molar-refractivity contribution in [1.82, 2.24) is 25.2 Å². The lowest BCUT2D eigenvalue weighted by molar-refractivity contribution is 0.182. The summed E-state index contributed by atoms with van der Waals surface area (Å²) < 4.78 is 45.4. The van der Waals surface area contributed by atoms with E-state index < -0.39 is 18.3 Å². The van der Waals surface area contributed by atoms with Crippen LogP contribution >= 0.6 is 11.3 Å². The number of rotatable bonds is 7. The fourth-order valence-electron chi connectivity index (χ4n) is 5.91. The summed E-state index contributed by atoms with van der Waals surface area (Å²) in [6.45, 7) is 12.4. The van der Waals surface area contributed by atoms with Gasteiger partial charge in [0.15, 0.2) is 0 Å². The number of nitriles is 1. The highest BCUT2D eigenvalue weighted by molar-refractivity contribution is 7.23. The molecule has 2 saturated heterocycles. The van der Waals surface area contributed by atoms with Crippen molar-refractivity contribution in [3.05, 3.63) is 47.3 Å². The van der Waals surface area contributed by atoms with Crippen molar-refractivity contribution in [2.75, 3.05) is 61.3 Å². The van der Waals surface area contributed by atoms with Crippen molar-refractivity contribution < 1.29 is 13.2 Å². The first kappa shape index (κ1) is 28.0. The number of fused-ring (bicyclic) bond motifs is 2. The Hall–Kier alpha value is -4.15. The molecule has 2 aliphatic rings. The van der Waals surface area contributed by atoms with Gasteiger partial charge in [-0.25, -0.2) is 18.2 Å². The first-order valence-corrected chi connectivity index (χ1v) is 14.6. The highest BCUT2D eigenvalue weighted by Gasteiger charge is 2.34. The van der Waals surface area contributed by atoms with Gasteiger partial charge in [-0.15, -0.1) is 11.3 Å². The largest absolute Gasteiger partial charge is 0.389 e. The number of piperazine rings is 1. The lowest BCUT2D eigenvalue weighted by Crippen LogP contribution is -2.60. The third-order valence-electron chi connectivity index (χ3n) is 8.10. The molecule has 0 radical (unpaired) electrons. The highest BCUT2D eigenvalue weighted by atomic mass is 32.1. The minimum absolute atomic E-state index is 0.0126. The number of nitrogen functional groups attached to an aromatic ring is 1. The lowest BCUT2D eigenvalue weighted by atomic mass is 9.98. The Bertz CT molecular complexity index is 1760. The molecular formula is C29H30F3N9S. The van der Waals surface area contributed by atoms with Crippen LogP contribution in [-0.2, 0) is 6.67 Å². The van der Waals surface area contributed by atoms with Crippen molar-refractivity contribution in [2.24, 2.45) is 0 Å². The second kappa shape index (κ2) is 10.9. The Morgan fingerprint density at radius 2 is 1.98 bits per heavy atom. The molecule has 3 N–H and O–H groups in total. The Labute approximate surface area is 245 Å². The summed E-state index contributed by atoms with van der Waals surface area (Å²) in [6.07, 6.45) is 1.50. The fraction of sp³-hybridized carbons (Fsp3) is 0.379. The van der Waals surface area contributed by atoms with Crippen LogP contribution in [0.3, 0.4) is 0 Å². The van der Waals surface area contributed by atoms with Crippen LogP contribution < -0.4 is 20.9 Å². The van der Waals surface area contributed by atoms with E-state index in [-0.39, 0.29) is 43.0 Å². The topological polar surface area (TPSA) is 110 Å². The molecule has 0 unspecified atom stereocenters. The van der Waals surface area contributed by atoms with Crippen molar-refractivity contribution in [1.29, 1.82) is 5.26 Å². The molecule has 0 atom stereocenters. The molecule has 0 spiro atoms. The van der Waals surface area contributed by atoms with Gasteiger partial charge in [0.05, 0.1) is 33.4 Å². The molecule has 5 heterocycles. The van der Waals surface area contributed by atoms with Gasteiger partial charge in [-0.05, 0) is 13.1 Å². The van der Waals surface area contributed by atoms with E-state index in [1.165, 1.54) is 6.20 Å².